The van der Waals surface area contributed by atoms with Gasteiger partial charge in [-0.25, -0.2) is 0 Å². The number of nitrogens with two attached hydrogens (primary N) is 1. The van der Waals surface area contributed by atoms with E-state index in [9.17, 15) is 18.0 Å². The molecule has 2 aliphatic carbocycles. The van der Waals surface area contributed by atoms with Gasteiger partial charge in [-0.05, 0) is 49.3 Å². The molecule has 0 heterocycles. The van der Waals surface area contributed by atoms with Gasteiger partial charge in [-0.2, -0.15) is 13.2 Å². The number of hydrogen-bond donors (Lipinski definition) is 2. The van der Waals surface area contributed by atoms with Gasteiger partial charge >= 0.3 is 5.51 Å². The maximum atomic E-state index is 12.0. The van der Waals surface area contributed by atoms with Crippen molar-refractivity contribution in [2.24, 2.45) is 17.6 Å². The number of nitrogens with one attached hydrogen (secondary N) is 1. The van der Waals surface area contributed by atoms with Gasteiger partial charge in [0, 0.05) is 12.1 Å². The fourth-order valence-corrected chi connectivity index (χ4v) is 3.78. The Bertz CT molecular complexity index is 329. The fraction of sp³-hybridized carbons (Fsp3) is 0.917. The first-order valence-corrected chi connectivity index (χ1v) is 7.59. The molecule has 2 atom stereocenters. The number of amides is 1. The molecule has 8 heteroatoms. The van der Waals surface area contributed by atoms with Crippen molar-refractivity contribution in [1.29, 1.82) is 0 Å². The predicted octanol–water partition coefficient (Wildman–Crippen LogP) is 2.68. The summed E-state index contributed by atoms with van der Waals surface area (Å²) in [7, 11) is 0. The van der Waals surface area contributed by atoms with Crippen molar-refractivity contribution in [1.82, 2.24) is 5.32 Å². The highest BCUT2D eigenvalue weighted by atomic mass is 35.5. The summed E-state index contributed by atoms with van der Waals surface area (Å²) in [6.07, 6.45) is 4.90. The average molecular weight is 333 g/mol. The number of hydrogen-bond acceptors (Lipinski definition) is 3. The fourth-order valence-electron chi connectivity index (χ4n) is 3.40. The molecule has 2 rings (SSSR count). The van der Waals surface area contributed by atoms with Crippen LogP contribution in [-0.2, 0) is 4.79 Å². The van der Waals surface area contributed by atoms with Crippen LogP contribution in [0.4, 0.5) is 13.2 Å². The van der Waals surface area contributed by atoms with Crippen molar-refractivity contribution in [2.45, 2.75) is 49.7 Å². The molecule has 0 saturated heterocycles. The maximum absolute atomic E-state index is 12.0. The van der Waals surface area contributed by atoms with Crippen LogP contribution in [0.5, 0.6) is 0 Å². The van der Waals surface area contributed by atoms with E-state index >= 15 is 0 Å². The smallest absolute Gasteiger partial charge is 0.352 e. The molecule has 3 nitrogen and oxygen atoms in total. The van der Waals surface area contributed by atoms with E-state index in [-0.39, 0.29) is 36.3 Å². The molecular weight excluding hydrogens is 313 g/mol. The van der Waals surface area contributed by atoms with Crippen LogP contribution in [0.1, 0.15) is 32.1 Å². The van der Waals surface area contributed by atoms with Gasteiger partial charge in [0.2, 0.25) is 5.91 Å². The third-order valence-corrected chi connectivity index (χ3v) is 4.80. The standard InChI is InChI=1S/C12H19F3N2OS.ClH/c13-12(14,15)19-6-10(18)17-11-7-2-1-3-8(11)5-9(16)4-7;/h7-9,11H,1-6,16H2,(H,17,18);1H. The number of carbonyl (C=O) groups is 1. The van der Waals surface area contributed by atoms with Gasteiger partial charge in [0.15, 0.2) is 0 Å². The van der Waals surface area contributed by atoms with Crippen molar-refractivity contribution in [2.75, 3.05) is 5.75 Å². The Kier molecular flexibility index (Phi) is 6.47. The highest BCUT2D eigenvalue weighted by molar-refractivity contribution is 8.00. The third-order valence-electron chi connectivity index (χ3n) is 4.07. The summed E-state index contributed by atoms with van der Waals surface area (Å²) in [6.45, 7) is 0. The van der Waals surface area contributed by atoms with E-state index in [1.807, 2.05) is 0 Å². The van der Waals surface area contributed by atoms with Gasteiger partial charge in [0.25, 0.3) is 0 Å². The first-order chi connectivity index (χ1) is 8.85. The molecule has 0 radical (unpaired) electrons. The Morgan fingerprint density at radius 2 is 1.80 bits per heavy atom. The molecule has 0 aromatic rings. The van der Waals surface area contributed by atoms with Crippen molar-refractivity contribution < 1.29 is 18.0 Å². The number of carbonyl (C=O) groups excluding carboxylic acids is 1. The van der Waals surface area contributed by atoms with Crippen molar-refractivity contribution >= 4 is 30.1 Å². The van der Waals surface area contributed by atoms with Crippen molar-refractivity contribution in [3.8, 4) is 0 Å². The SMILES string of the molecule is Cl.NC1CC2CCCC(C1)C2NC(=O)CSC(F)(F)F. The molecule has 2 unspecified atom stereocenters. The average Bonchev–Trinajstić information content (AvgIpc) is 2.27. The Labute approximate surface area is 127 Å². The van der Waals surface area contributed by atoms with E-state index < -0.39 is 17.2 Å². The molecule has 0 spiro atoms. The number of thioether (sulfide) groups is 1. The van der Waals surface area contributed by atoms with Crippen molar-refractivity contribution in [3.05, 3.63) is 0 Å². The van der Waals surface area contributed by atoms with Gasteiger partial charge in [0.05, 0.1) is 5.75 Å². The molecule has 2 saturated carbocycles. The summed E-state index contributed by atoms with van der Waals surface area (Å²) >= 11 is -0.278. The molecule has 3 N–H and O–H groups in total. The minimum Gasteiger partial charge on any atom is -0.352 e. The third kappa shape index (κ3) is 5.00. The first kappa shape index (κ1) is 17.9. The van der Waals surface area contributed by atoms with Gasteiger partial charge in [-0.3, -0.25) is 4.79 Å². The van der Waals surface area contributed by atoms with Gasteiger partial charge < -0.3 is 11.1 Å². The molecule has 0 aromatic heterocycles. The largest absolute Gasteiger partial charge is 0.442 e. The molecular formula is C12H20ClF3N2OS. The molecule has 2 aliphatic rings. The Hall–Kier alpha value is -0.140. The zero-order valence-electron chi connectivity index (χ0n) is 11.0. The van der Waals surface area contributed by atoms with Crippen LogP contribution in [0.25, 0.3) is 0 Å². The van der Waals surface area contributed by atoms with E-state index in [1.54, 1.807) is 0 Å². The molecule has 2 bridgehead atoms. The molecule has 1 amide bonds. The lowest BCUT2D eigenvalue weighted by atomic mass is 9.67. The summed E-state index contributed by atoms with van der Waals surface area (Å²) in [5.74, 6) is -0.393. The molecule has 20 heavy (non-hydrogen) atoms. The van der Waals surface area contributed by atoms with Gasteiger partial charge in [-0.15, -0.1) is 12.4 Å². The minimum absolute atomic E-state index is 0. The highest BCUT2D eigenvalue weighted by Gasteiger charge is 2.40. The summed E-state index contributed by atoms with van der Waals surface area (Å²) in [5.41, 5.74) is 1.62. The molecule has 0 aliphatic heterocycles. The summed E-state index contributed by atoms with van der Waals surface area (Å²) in [5, 5.41) is 2.80. The second kappa shape index (κ2) is 7.22. The van der Waals surface area contributed by atoms with Crippen LogP contribution in [0.3, 0.4) is 0 Å². The monoisotopic (exact) mass is 332 g/mol. The predicted molar refractivity (Wildman–Crippen MR) is 75.7 cm³/mol. The lowest BCUT2D eigenvalue weighted by Crippen LogP contribution is -2.54. The van der Waals surface area contributed by atoms with Crippen LogP contribution in [-0.4, -0.2) is 29.3 Å². The maximum Gasteiger partial charge on any atom is 0.442 e. The quantitative estimate of drug-likeness (QED) is 0.835. The van der Waals surface area contributed by atoms with Crippen molar-refractivity contribution in [3.63, 3.8) is 0 Å². The lowest BCUT2D eigenvalue weighted by molar-refractivity contribution is -0.121. The molecule has 118 valence electrons. The number of rotatable bonds is 3. The Morgan fingerprint density at radius 1 is 1.25 bits per heavy atom. The molecule has 2 fully saturated rings. The Balaban J connectivity index is 0.00000200. The first-order valence-electron chi connectivity index (χ1n) is 6.61. The summed E-state index contributed by atoms with van der Waals surface area (Å²) in [4.78, 5) is 11.6. The zero-order valence-corrected chi connectivity index (χ0v) is 12.6. The number of alkyl halides is 3. The van der Waals surface area contributed by atoms with Gasteiger partial charge in [0.1, 0.15) is 0 Å². The number of halogens is 4. The second-order valence-electron chi connectivity index (χ2n) is 5.51. The van der Waals surface area contributed by atoms with E-state index in [0.717, 1.165) is 32.1 Å². The normalized spacial score (nSPS) is 33.2. The van der Waals surface area contributed by atoms with Crippen LogP contribution >= 0.6 is 24.2 Å². The zero-order chi connectivity index (χ0) is 14.0. The van der Waals surface area contributed by atoms with E-state index in [2.05, 4.69) is 5.32 Å². The van der Waals surface area contributed by atoms with Gasteiger partial charge in [-0.1, -0.05) is 6.42 Å². The Morgan fingerprint density at radius 3 is 2.30 bits per heavy atom. The molecule has 0 aromatic carbocycles. The number of fused-ring (bicyclic) bond motifs is 2. The van der Waals surface area contributed by atoms with E-state index in [0.29, 0.717) is 11.8 Å². The summed E-state index contributed by atoms with van der Waals surface area (Å²) < 4.78 is 36.1. The van der Waals surface area contributed by atoms with Crippen LogP contribution < -0.4 is 11.1 Å². The highest BCUT2D eigenvalue weighted by Crippen LogP contribution is 2.39. The minimum atomic E-state index is -4.35. The second-order valence-corrected chi connectivity index (χ2v) is 6.55. The topological polar surface area (TPSA) is 55.1 Å². The van der Waals surface area contributed by atoms with Crippen LogP contribution in [0.15, 0.2) is 0 Å². The summed E-state index contributed by atoms with van der Waals surface area (Å²) in [6, 6.07) is 0.197. The lowest BCUT2D eigenvalue weighted by Gasteiger charge is -2.45. The van der Waals surface area contributed by atoms with E-state index in [4.69, 9.17) is 5.73 Å². The van der Waals surface area contributed by atoms with E-state index in [1.165, 1.54) is 0 Å². The van der Waals surface area contributed by atoms with Crippen LogP contribution in [0.2, 0.25) is 0 Å². The van der Waals surface area contributed by atoms with Crippen LogP contribution in [0, 0.1) is 11.8 Å².